The fraction of sp³-hybridized carbons (Fsp3) is 0.200. The Balaban J connectivity index is 1.52. The van der Waals surface area contributed by atoms with Crippen molar-refractivity contribution in [2.75, 3.05) is 26.3 Å². The Hall–Kier alpha value is -2.83. The molecule has 0 bridgehead atoms. The van der Waals surface area contributed by atoms with Gasteiger partial charge in [-0.15, -0.1) is 0 Å². The summed E-state index contributed by atoms with van der Waals surface area (Å²) < 4.78 is 16.3. The number of carbonyl (C=O) groups is 2. The summed E-state index contributed by atoms with van der Waals surface area (Å²) in [5.41, 5.74) is 1.11. The highest BCUT2D eigenvalue weighted by Gasteiger charge is 2.28. The number of hydrogen-bond donors (Lipinski definition) is 0. The van der Waals surface area contributed by atoms with Crippen molar-refractivity contribution in [3.05, 3.63) is 64.4 Å². The molecule has 7 heteroatoms. The number of amides is 1. The maximum atomic E-state index is 12.5. The van der Waals surface area contributed by atoms with Crippen LogP contribution >= 0.6 is 11.6 Å². The molecule has 2 heterocycles. The van der Waals surface area contributed by atoms with Crippen molar-refractivity contribution in [3.8, 4) is 11.5 Å². The molecule has 6 nitrogen and oxygen atoms in total. The van der Waals surface area contributed by atoms with E-state index in [4.69, 9.17) is 25.8 Å². The number of ether oxygens (including phenoxy) is 3. The number of carbonyl (C=O) groups excluding carboxylic acids is 2. The van der Waals surface area contributed by atoms with Crippen molar-refractivity contribution in [3.63, 3.8) is 0 Å². The van der Waals surface area contributed by atoms with Crippen molar-refractivity contribution in [2.24, 2.45) is 0 Å². The van der Waals surface area contributed by atoms with Crippen LogP contribution in [0.2, 0.25) is 5.02 Å². The molecule has 1 saturated heterocycles. The summed E-state index contributed by atoms with van der Waals surface area (Å²) in [6, 6.07) is 11.9. The summed E-state index contributed by atoms with van der Waals surface area (Å²) in [5.74, 6) is 0.605. The minimum absolute atomic E-state index is 0.176. The number of benzene rings is 2. The number of hydrogen-bond acceptors (Lipinski definition) is 5. The average Bonchev–Trinajstić information content (AvgIpc) is 2.99. The van der Waals surface area contributed by atoms with Gasteiger partial charge in [-0.25, -0.2) is 4.79 Å². The van der Waals surface area contributed by atoms with Crippen LogP contribution in [0.5, 0.6) is 11.5 Å². The van der Waals surface area contributed by atoms with Gasteiger partial charge in [-0.05, 0) is 29.8 Å². The van der Waals surface area contributed by atoms with Crippen LogP contribution in [-0.4, -0.2) is 43.1 Å². The van der Waals surface area contributed by atoms with Crippen molar-refractivity contribution < 1.29 is 23.8 Å². The predicted octanol–water partition coefficient (Wildman–Crippen LogP) is 3.79. The lowest BCUT2D eigenvalue weighted by Crippen LogP contribution is -2.42. The third-order valence-corrected chi connectivity index (χ3v) is 4.65. The summed E-state index contributed by atoms with van der Waals surface area (Å²) in [7, 11) is 0. The van der Waals surface area contributed by atoms with Gasteiger partial charge in [0.05, 0.1) is 18.8 Å². The maximum Gasteiger partial charge on any atom is 0.415 e. The summed E-state index contributed by atoms with van der Waals surface area (Å²) in [6.45, 7) is 1.97. The van der Waals surface area contributed by atoms with Crippen LogP contribution in [0, 0.1) is 0 Å². The number of nitrogens with zero attached hydrogens (tertiary/aromatic N) is 1. The van der Waals surface area contributed by atoms with Crippen LogP contribution in [0.4, 0.5) is 4.79 Å². The summed E-state index contributed by atoms with van der Waals surface area (Å²) >= 11 is 6.14. The largest absolute Gasteiger partial charge is 0.452 e. The van der Waals surface area contributed by atoms with E-state index in [2.05, 4.69) is 0 Å². The quantitative estimate of drug-likeness (QED) is 0.736. The van der Waals surface area contributed by atoms with Gasteiger partial charge in [-0.3, -0.25) is 4.79 Å². The van der Waals surface area contributed by atoms with Gasteiger partial charge in [0, 0.05) is 24.2 Å². The number of Topliss-reactive ketones (excluding diaryl/α,β-unsaturated/α-hetero) is 1. The smallest absolute Gasteiger partial charge is 0.415 e. The van der Waals surface area contributed by atoms with E-state index < -0.39 is 6.09 Å². The van der Waals surface area contributed by atoms with Crippen molar-refractivity contribution in [1.29, 1.82) is 0 Å². The van der Waals surface area contributed by atoms with E-state index in [1.165, 1.54) is 0 Å². The van der Waals surface area contributed by atoms with Crippen LogP contribution in [-0.2, 0) is 4.74 Å². The zero-order valence-corrected chi connectivity index (χ0v) is 15.1. The van der Waals surface area contributed by atoms with E-state index in [1.807, 2.05) is 12.1 Å². The molecule has 2 aliphatic heterocycles. The minimum Gasteiger partial charge on any atom is -0.452 e. The molecule has 0 saturated carbocycles. The summed E-state index contributed by atoms with van der Waals surface area (Å²) in [4.78, 5) is 26.3. The SMILES string of the molecule is O=C1C(=Cc2ccccc2Cl)Oc2cc(OC(=O)N3CCOCC3)ccc21. The molecule has 1 amide bonds. The molecule has 2 aromatic carbocycles. The number of allylic oxidation sites excluding steroid dienone is 1. The second-order valence-electron chi connectivity index (χ2n) is 6.09. The van der Waals surface area contributed by atoms with Crippen molar-refractivity contribution in [2.45, 2.75) is 0 Å². The number of halogens is 1. The fourth-order valence-electron chi connectivity index (χ4n) is 2.88. The first kappa shape index (κ1) is 17.6. The Morgan fingerprint density at radius 2 is 1.93 bits per heavy atom. The fourth-order valence-corrected chi connectivity index (χ4v) is 3.07. The summed E-state index contributed by atoms with van der Waals surface area (Å²) in [5, 5.41) is 0.525. The molecule has 138 valence electrons. The number of rotatable bonds is 2. The highest BCUT2D eigenvalue weighted by Crippen LogP contribution is 2.35. The van der Waals surface area contributed by atoms with Gasteiger partial charge in [0.1, 0.15) is 11.5 Å². The number of fused-ring (bicyclic) bond motifs is 1. The molecule has 0 unspecified atom stereocenters. The molecular weight excluding hydrogens is 370 g/mol. The number of ketones is 1. The lowest BCUT2D eigenvalue weighted by atomic mass is 10.1. The van der Waals surface area contributed by atoms with Gasteiger partial charge < -0.3 is 19.1 Å². The third-order valence-electron chi connectivity index (χ3n) is 4.31. The van der Waals surface area contributed by atoms with Gasteiger partial charge in [0.15, 0.2) is 5.76 Å². The monoisotopic (exact) mass is 385 g/mol. The predicted molar refractivity (Wildman–Crippen MR) is 99.2 cm³/mol. The van der Waals surface area contributed by atoms with Gasteiger partial charge in [0.2, 0.25) is 5.78 Å². The van der Waals surface area contributed by atoms with Crippen LogP contribution in [0.3, 0.4) is 0 Å². The molecule has 0 aliphatic carbocycles. The molecule has 27 heavy (non-hydrogen) atoms. The zero-order valence-electron chi connectivity index (χ0n) is 14.3. The van der Waals surface area contributed by atoms with E-state index in [0.29, 0.717) is 54.0 Å². The maximum absolute atomic E-state index is 12.5. The minimum atomic E-state index is -0.450. The molecule has 0 N–H and O–H groups in total. The van der Waals surface area contributed by atoms with Crippen LogP contribution in [0.15, 0.2) is 48.2 Å². The van der Waals surface area contributed by atoms with E-state index in [0.717, 1.165) is 0 Å². The van der Waals surface area contributed by atoms with Crippen LogP contribution < -0.4 is 9.47 Å². The Kier molecular flexibility index (Phi) is 4.83. The lowest BCUT2D eigenvalue weighted by Gasteiger charge is -2.25. The Bertz CT molecular complexity index is 934. The first-order valence-electron chi connectivity index (χ1n) is 8.49. The highest BCUT2D eigenvalue weighted by molar-refractivity contribution is 6.32. The third kappa shape index (κ3) is 3.67. The molecule has 4 rings (SSSR count). The molecule has 0 radical (unpaired) electrons. The molecule has 0 spiro atoms. The van der Waals surface area contributed by atoms with Crippen LogP contribution in [0.1, 0.15) is 15.9 Å². The summed E-state index contributed by atoms with van der Waals surface area (Å²) in [6.07, 6.45) is 1.15. The molecule has 2 aliphatic rings. The van der Waals surface area contributed by atoms with Crippen LogP contribution in [0.25, 0.3) is 6.08 Å². The Morgan fingerprint density at radius 3 is 2.70 bits per heavy atom. The van der Waals surface area contributed by atoms with Gasteiger partial charge in [-0.1, -0.05) is 29.8 Å². The molecular formula is C20H16ClNO5. The molecule has 0 atom stereocenters. The lowest BCUT2D eigenvalue weighted by molar-refractivity contribution is 0.0416. The first-order chi connectivity index (χ1) is 13.1. The van der Waals surface area contributed by atoms with E-state index in [9.17, 15) is 9.59 Å². The van der Waals surface area contributed by atoms with Gasteiger partial charge >= 0.3 is 6.09 Å². The zero-order chi connectivity index (χ0) is 18.8. The first-order valence-corrected chi connectivity index (χ1v) is 8.87. The van der Waals surface area contributed by atoms with Crippen molar-refractivity contribution in [1.82, 2.24) is 4.90 Å². The Morgan fingerprint density at radius 1 is 1.15 bits per heavy atom. The van der Waals surface area contributed by atoms with Gasteiger partial charge in [-0.2, -0.15) is 0 Å². The molecule has 0 aromatic heterocycles. The average molecular weight is 386 g/mol. The Labute approximate surface area is 160 Å². The second-order valence-corrected chi connectivity index (χ2v) is 6.49. The van der Waals surface area contributed by atoms with Crippen molar-refractivity contribution >= 4 is 29.6 Å². The van der Waals surface area contributed by atoms with E-state index in [-0.39, 0.29) is 11.5 Å². The second kappa shape index (κ2) is 7.42. The number of morpholine rings is 1. The molecule has 1 fully saturated rings. The molecule has 2 aromatic rings. The highest BCUT2D eigenvalue weighted by atomic mass is 35.5. The normalized spacial score (nSPS) is 17.6. The topological polar surface area (TPSA) is 65.1 Å². The van der Waals surface area contributed by atoms with E-state index >= 15 is 0 Å². The van der Waals surface area contributed by atoms with E-state index in [1.54, 1.807) is 41.3 Å². The standard InChI is InChI=1S/C20H16ClNO5/c21-16-4-2-1-3-13(16)11-18-19(23)15-6-5-14(12-17(15)27-18)26-20(24)22-7-9-25-10-8-22/h1-6,11-12H,7-10H2. The van der Waals surface area contributed by atoms with Gasteiger partial charge in [0.25, 0.3) is 0 Å².